The Hall–Kier alpha value is -0.390. The van der Waals surface area contributed by atoms with Gasteiger partial charge in [-0.15, -0.1) is 0 Å². The summed E-state index contributed by atoms with van der Waals surface area (Å²) in [5, 5.41) is -0.388. The van der Waals surface area contributed by atoms with Gasteiger partial charge in [-0.1, -0.05) is 15.9 Å². The fraction of sp³-hybridized carbons (Fsp3) is 0.400. The molecule has 1 aliphatic rings. The quantitative estimate of drug-likeness (QED) is 0.795. The van der Waals surface area contributed by atoms with Gasteiger partial charge in [0.15, 0.2) is 9.84 Å². The Balaban J connectivity index is 2.70. The predicted octanol–water partition coefficient (Wildman–Crippen LogP) is 2.01. The first-order chi connectivity index (χ1) is 6.93. The second kappa shape index (κ2) is 3.57. The van der Waals surface area contributed by atoms with Crippen LogP contribution in [0.15, 0.2) is 27.6 Å². The smallest absolute Gasteiger partial charge is 0.181 e. The molecule has 0 aromatic heterocycles. The SMILES string of the molecule is CC1CC(N)c2cc(Br)ccc2S1(=O)=O. The average molecular weight is 290 g/mol. The standard InChI is InChI=1S/C10H12BrNO2S/c1-6-4-9(12)8-5-7(11)2-3-10(8)15(6,13)14/h2-3,5-6,9H,4,12H2,1H3. The summed E-state index contributed by atoms with van der Waals surface area (Å²) in [6.45, 7) is 1.71. The first-order valence-electron chi connectivity index (χ1n) is 4.72. The number of hydrogen-bond donors (Lipinski definition) is 1. The second-order valence-corrected chi connectivity index (χ2v) is 7.13. The van der Waals surface area contributed by atoms with Gasteiger partial charge in [0.25, 0.3) is 0 Å². The fourth-order valence-electron chi connectivity index (χ4n) is 1.90. The summed E-state index contributed by atoms with van der Waals surface area (Å²) < 4.78 is 24.8. The van der Waals surface area contributed by atoms with E-state index in [1.165, 1.54) is 0 Å². The molecule has 0 spiro atoms. The molecule has 15 heavy (non-hydrogen) atoms. The highest BCUT2D eigenvalue weighted by Crippen LogP contribution is 2.36. The molecule has 0 amide bonds. The van der Waals surface area contributed by atoms with E-state index in [4.69, 9.17) is 5.73 Å². The number of fused-ring (bicyclic) bond motifs is 1. The van der Waals surface area contributed by atoms with E-state index in [0.29, 0.717) is 11.3 Å². The normalized spacial score (nSPS) is 28.5. The molecule has 0 radical (unpaired) electrons. The molecule has 2 N–H and O–H groups in total. The zero-order chi connectivity index (χ0) is 11.2. The Kier molecular flexibility index (Phi) is 2.65. The maximum Gasteiger partial charge on any atom is 0.181 e. The van der Waals surface area contributed by atoms with E-state index in [0.717, 1.165) is 10.0 Å². The van der Waals surface area contributed by atoms with E-state index >= 15 is 0 Å². The lowest BCUT2D eigenvalue weighted by molar-refractivity contribution is 0.537. The molecule has 0 saturated carbocycles. The van der Waals surface area contributed by atoms with Crippen LogP contribution < -0.4 is 5.73 Å². The number of rotatable bonds is 0. The third kappa shape index (κ3) is 1.73. The highest BCUT2D eigenvalue weighted by atomic mass is 79.9. The molecular weight excluding hydrogens is 278 g/mol. The van der Waals surface area contributed by atoms with Crippen molar-refractivity contribution in [1.82, 2.24) is 0 Å². The Morgan fingerprint density at radius 3 is 2.80 bits per heavy atom. The second-order valence-electron chi connectivity index (χ2n) is 3.88. The van der Waals surface area contributed by atoms with Gasteiger partial charge < -0.3 is 5.73 Å². The third-order valence-corrected chi connectivity index (χ3v) is 5.52. The molecule has 0 fully saturated rings. The summed E-state index contributed by atoms with van der Waals surface area (Å²) in [5.41, 5.74) is 6.67. The van der Waals surface area contributed by atoms with Crippen molar-refractivity contribution in [3.63, 3.8) is 0 Å². The van der Waals surface area contributed by atoms with E-state index < -0.39 is 9.84 Å². The zero-order valence-corrected chi connectivity index (χ0v) is 10.7. The molecule has 0 saturated heterocycles. The average Bonchev–Trinajstić information content (AvgIpc) is 2.15. The number of sulfone groups is 1. The van der Waals surface area contributed by atoms with Crippen LogP contribution in [0.25, 0.3) is 0 Å². The van der Waals surface area contributed by atoms with Crippen molar-refractivity contribution >= 4 is 25.8 Å². The molecular formula is C10H12BrNO2S. The van der Waals surface area contributed by atoms with Crippen molar-refractivity contribution < 1.29 is 8.42 Å². The van der Waals surface area contributed by atoms with Crippen LogP contribution >= 0.6 is 15.9 Å². The highest BCUT2D eigenvalue weighted by molar-refractivity contribution is 9.10. The van der Waals surface area contributed by atoms with E-state index in [2.05, 4.69) is 15.9 Å². The first kappa shape index (κ1) is 11.1. The minimum atomic E-state index is -3.17. The van der Waals surface area contributed by atoms with Crippen LogP contribution in [0, 0.1) is 0 Å². The third-order valence-electron chi connectivity index (χ3n) is 2.79. The molecule has 0 aliphatic carbocycles. The number of hydrogen-bond acceptors (Lipinski definition) is 3. The molecule has 2 unspecified atom stereocenters. The number of nitrogens with two attached hydrogens (primary N) is 1. The van der Waals surface area contributed by atoms with Crippen molar-refractivity contribution in [3.05, 3.63) is 28.2 Å². The van der Waals surface area contributed by atoms with Gasteiger partial charge in [0, 0.05) is 10.5 Å². The molecule has 0 bridgehead atoms. The molecule has 3 nitrogen and oxygen atoms in total. The Bertz CT molecular complexity index is 498. The lowest BCUT2D eigenvalue weighted by Crippen LogP contribution is -2.31. The summed E-state index contributed by atoms with van der Waals surface area (Å²) in [5.74, 6) is 0. The Morgan fingerprint density at radius 2 is 2.13 bits per heavy atom. The maximum atomic E-state index is 12.0. The molecule has 1 heterocycles. The van der Waals surface area contributed by atoms with Crippen molar-refractivity contribution in [2.24, 2.45) is 5.73 Å². The molecule has 5 heteroatoms. The Morgan fingerprint density at radius 1 is 1.47 bits per heavy atom. The summed E-state index contributed by atoms with van der Waals surface area (Å²) in [4.78, 5) is 0.386. The molecule has 2 atom stereocenters. The molecule has 2 rings (SSSR count). The predicted molar refractivity (Wildman–Crippen MR) is 62.3 cm³/mol. The van der Waals surface area contributed by atoms with Crippen molar-refractivity contribution in [2.75, 3.05) is 0 Å². The van der Waals surface area contributed by atoms with E-state index in [1.54, 1.807) is 25.1 Å². The van der Waals surface area contributed by atoms with Gasteiger partial charge in [0.05, 0.1) is 10.1 Å². The minimum Gasteiger partial charge on any atom is -0.324 e. The van der Waals surface area contributed by atoms with Crippen LogP contribution in [-0.2, 0) is 9.84 Å². The largest absolute Gasteiger partial charge is 0.324 e. The molecule has 1 aliphatic heterocycles. The van der Waals surface area contributed by atoms with Crippen LogP contribution in [-0.4, -0.2) is 13.7 Å². The van der Waals surface area contributed by atoms with Crippen LogP contribution in [0.1, 0.15) is 24.9 Å². The maximum absolute atomic E-state index is 12.0. The zero-order valence-electron chi connectivity index (χ0n) is 8.27. The summed E-state index contributed by atoms with van der Waals surface area (Å²) in [6.07, 6.45) is 0.492. The Labute approximate surface area is 97.7 Å². The van der Waals surface area contributed by atoms with Crippen LogP contribution in [0.4, 0.5) is 0 Å². The van der Waals surface area contributed by atoms with Gasteiger partial charge in [-0.3, -0.25) is 0 Å². The molecule has 82 valence electrons. The molecule has 1 aromatic carbocycles. The summed E-state index contributed by atoms with van der Waals surface area (Å²) in [7, 11) is -3.17. The van der Waals surface area contributed by atoms with Gasteiger partial charge >= 0.3 is 0 Å². The first-order valence-corrected chi connectivity index (χ1v) is 7.06. The van der Waals surface area contributed by atoms with Gasteiger partial charge in [-0.2, -0.15) is 0 Å². The van der Waals surface area contributed by atoms with E-state index in [9.17, 15) is 8.42 Å². The van der Waals surface area contributed by atoms with E-state index in [1.807, 2.05) is 0 Å². The fourth-order valence-corrected chi connectivity index (χ4v) is 3.97. The van der Waals surface area contributed by atoms with Crippen LogP contribution in [0.5, 0.6) is 0 Å². The highest BCUT2D eigenvalue weighted by Gasteiger charge is 2.34. The van der Waals surface area contributed by atoms with Gasteiger partial charge in [-0.05, 0) is 37.1 Å². The minimum absolute atomic E-state index is 0.184. The van der Waals surface area contributed by atoms with Crippen molar-refractivity contribution in [1.29, 1.82) is 0 Å². The van der Waals surface area contributed by atoms with Gasteiger partial charge in [0.1, 0.15) is 0 Å². The van der Waals surface area contributed by atoms with Crippen LogP contribution in [0.2, 0.25) is 0 Å². The summed E-state index contributed by atoms with van der Waals surface area (Å²) >= 11 is 3.32. The van der Waals surface area contributed by atoms with Crippen LogP contribution in [0.3, 0.4) is 0 Å². The summed E-state index contributed by atoms with van der Waals surface area (Å²) in [6, 6.07) is 4.98. The van der Waals surface area contributed by atoms with Crippen molar-refractivity contribution in [2.45, 2.75) is 29.5 Å². The number of benzene rings is 1. The lowest BCUT2D eigenvalue weighted by atomic mass is 10.0. The topological polar surface area (TPSA) is 60.2 Å². The van der Waals surface area contributed by atoms with E-state index in [-0.39, 0.29) is 11.3 Å². The van der Waals surface area contributed by atoms with Crippen molar-refractivity contribution in [3.8, 4) is 0 Å². The monoisotopic (exact) mass is 289 g/mol. The lowest BCUT2D eigenvalue weighted by Gasteiger charge is -2.27. The van der Waals surface area contributed by atoms with Gasteiger partial charge in [0.2, 0.25) is 0 Å². The number of halogens is 1. The van der Waals surface area contributed by atoms with Gasteiger partial charge in [-0.25, -0.2) is 8.42 Å². The molecule has 1 aromatic rings.